The van der Waals surface area contributed by atoms with Crippen molar-refractivity contribution in [2.75, 3.05) is 0 Å². The molecule has 1 heteroatoms. The van der Waals surface area contributed by atoms with E-state index in [1.54, 1.807) is 0 Å². The molecule has 1 fully saturated rings. The summed E-state index contributed by atoms with van der Waals surface area (Å²) in [6.07, 6.45) is 6.99. The number of benzene rings is 2. The van der Waals surface area contributed by atoms with Crippen LogP contribution in [0.1, 0.15) is 36.3 Å². The molecule has 2 aromatic carbocycles. The Balaban J connectivity index is 1.91. The van der Waals surface area contributed by atoms with Crippen LogP contribution < -0.4 is 0 Å². The van der Waals surface area contributed by atoms with Crippen molar-refractivity contribution in [3.8, 4) is 0 Å². The first kappa shape index (κ1) is 11.0. The lowest BCUT2D eigenvalue weighted by Gasteiger charge is -2.33. The van der Waals surface area contributed by atoms with Gasteiger partial charge in [-0.3, -0.25) is 4.79 Å². The van der Waals surface area contributed by atoms with Crippen molar-refractivity contribution in [3.05, 3.63) is 53.6 Å². The largest absolute Gasteiger partial charge is 0.300 e. The average Bonchev–Trinajstić information content (AvgIpc) is 2.46. The van der Waals surface area contributed by atoms with Crippen LogP contribution >= 0.6 is 0 Å². The zero-order valence-corrected chi connectivity index (χ0v) is 10.8. The average molecular weight is 248 g/mol. The van der Waals surface area contributed by atoms with Crippen LogP contribution in [0.25, 0.3) is 16.8 Å². The monoisotopic (exact) mass is 248 g/mol. The SMILES string of the molecule is O=C1CC[C@H]2c3ccc4ccccc4c3C=CC2C1. The summed E-state index contributed by atoms with van der Waals surface area (Å²) in [5.74, 6) is 1.40. The number of ketones is 1. The maximum absolute atomic E-state index is 11.6. The number of hydrogen-bond donors (Lipinski definition) is 0. The van der Waals surface area contributed by atoms with Gasteiger partial charge in [0.15, 0.2) is 0 Å². The molecular weight excluding hydrogens is 232 g/mol. The normalized spacial score (nSPS) is 25.2. The highest BCUT2D eigenvalue weighted by atomic mass is 16.1. The van der Waals surface area contributed by atoms with Crippen LogP contribution in [0.4, 0.5) is 0 Å². The molecule has 0 aromatic heterocycles. The molecule has 1 saturated carbocycles. The number of fused-ring (bicyclic) bond motifs is 5. The zero-order valence-electron chi connectivity index (χ0n) is 10.8. The highest BCUT2D eigenvalue weighted by Crippen LogP contribution is 2.44. The Morgan fingerprint density at radius 2 is 1.95 bits per heavy atom. The minimum Gasteiger partial charge on any atom is -0.300 e. The molecule has 19 heavy (non-hydrogen) atoms. The van der Waals surface area contributed by atoms with Crippen molar-refractivity contribution in [2.24, 2.45) is 5.92 Å². The van der Waals surface area contributed by atoms with Crippen LogP contribution in [-0.2, 0) is 4.79 Å². The summed E-state index contributed by atoms with van der Waals surface area (Å²) >= 11 is 0. The minimum absolute atomic E-state index is 0.426. The van der Waals surface area contributed by atoms with E-state index in [0.717, 1.165) is 19.3 Å². The molecule has 2 aliphatic rings. The molecule has 0 aliphatic heterocycles. The van der Waals surface area contributed by atoms with Gasteiger partial charge in [-0.15, -0.1) is 0 Å². The summed E-state index contributed by atoms with van der Waals surface area (Å²) in [5, 5.41) is 2.64. The number of carbonyl (C=O) groups is 1. The molecular formula is C18H16O. The van der Waals surface area contributed by atoms with Crippen LogP contribution in [-0.4, -0.2) is 5.78 Å². The van der Waals surface area contributed by atoms with E-state index < -0.39 is 0 Å². The molecule has 0 heterocycles. The van der Waals surface area contributed by atoms with Gasteiger partial charge in [0.25, 0.3) is 0 Å². The van der Waals surface area contributed by atoms with E-state index in [2.05, 4.69) is 48.6 Å². The summed E-state index contributed by atoms with van der Waals surface area (Å²) in [7, 11) is 0. The van der Waals surface area contributed by atoms with Gasteiger partial charge >= 0.3 is 0 Å². The van der Waals surface area contributed by atoms with Gasteiger partial charge in [-0.2, -0.15) is 0 Å². The van der Waals surface area contributed by atoms with Gasteiger partial charge < -0.3 is 0 Å². The first-order valence-corrected chi connectivity index (χ1v) is 7.04. The number of hydrogen-bond acceptors (Lipinski definition) is 1. The lowest BCUT2D eigenvalue weighted by Crippen LogP contribution is -2.24. The predicted octanol–water partition coefficient (Wildman–Crippen LogP) is 4.32. The summed E-state index contributed by atoms with van der Waals surface area (Å²) < 4.78 is 0. The lowest BCUT2D eigenvalue weighted by atomic mass is 9.70. The molecule has 0 radical (unpaired) electrons. The van der Waals surface area contributed by atoms with E-state index >= 15 is 0 Å². The first-order valence-electron chi connectivity index (χ1n) is 7.04. The van der Waals surface area contributed by atoms with Crippen molar-refractivity contribution in [1.82, 2.24) is 0 Å². The van der Waals surface area contributed by atoms with E-state index in [0.29, 0.717) is 17.6 Å². The van der Waals surface area contributed by atoms with E-state index in [4.69, 9.17) is 0 Å². The van der Waals surface area contributed by atoms with Crippen molar-refractivity contribution in [2.45, 2.75) is 25.2 Å². The second-order valence-corrected chi connectivity index (χ2v) is 5.70. The summed E-state index contributed by atoms with van der Waals surface area (Å²) in [5.41, 5.74) is 2.81. The molecule has 2 aromatic rings. The second kappa shape index (κ2) is 4.06. The van der Waals surface area contributed by atoms with Crippen LogP contribution in [0.15, 0.2) is 42.5 Å². The topological polar surface area (TPSA) is 17.1 Å². The van der Waals surface area contributed by atoms with Crippen molar-refractivity contribution < 1.29 is 4.79 Å². The number of rotatable bonds is 0. The summed E-state index contributed by atoms with van der Waals surface area (Å²) in [6, 6.07) is 13.1. The van der Waals surface area contributed by atoms with E-state index in [9.17, 15) is 4.79 Å². The standard InChI is InChI=1S/C18H16O/c19-14-7-10-16-13(11-14)6-9-17-15-4-2-1-3-12(15)5-8-18(16)17/h1-6,8-9,13,16H,7,10-11H2/t13?,16-/m1/s1. The molecule has 0 saturated heterocycles. The van der Waals surface area contributed by atoms with Crippen molar-refractivity contribution in [1.29, 1.82) is 0 Å². The fourth-order valence-corrected chi connectivity index (χ4v) is 3.67. The molecule has 0 bridgehead atoms. The lowest BCUT2D eigenvalue weighted by molar-refractivity contribution is -0.121. The van der Waals surface area contributed by atoms with E-state index in [1.807, 2.05) is 0 Å². The van der Waals surface area contributed by atoms with Crippen LogP contribution in [0.2, 0.25) is 0 Å². The molecule has 94 valence electrons. The minimum atomic E-state index is 0.426. The molecule has 0 amide bonds. The van der Waals surface area contributed by atoms with Gasteiger partial charge in [0, 0.05) is 12.8 Å². The van der Waals surface area contributed by atoms with E-state index in [-0.39, 0.29) is 0 Å². The molecule has 1 nitrogen and oxygen atoms in total. The summed E-state index contributed by atoms with van der Waals surface area (Å²) in [4.78, 5) is 11.6. The Kier molecular flexibility index (Phi) is 2.34. The third-order valence-corrected chi connectivity index (χ3v) is 4.63. The van der Waals surface area contributed by atoms with Gasteiger partial charge in [0.2, 0.25) is 0 Å². The van der Waals surface area contributed by atoms with Gasteiger partial charge in [0.1, 0.15) is 5.78 Å². The van der Waals surface area contributed by atoms with E-state index in [1.165, 1.54) is 21.9 Å². The Bertz CT molecular complexity index is 696. The van der Waals surface area contributed by atoms with Crippen LogP contribution in [0, 0.1) is 5.92 Å². The molecule has 4 rings (SSSR count). The highest BCUT2D eigenvalue weighted by molar-refractivity contribution is 5.93. The predicted molar refractivity (Wildman–Crippen MR) is 78.1 cm³/mol. The quantitative estimate of drug-likeness (QED) is 0.678. The zero-order chi connectivity index (χ0) is 12.8. The molecule has 1 unspecified atom stereocenters. The number of allylic oxidation sites excluding steroid dienone is 1. The van der Waals surface area contributed by atoms with Crippen molar-refractivity contribution >= 4 is 22.6 Å². The van der Waals surface area contributed by atoms with Gasteiger partial charge in [0.05, 0.1) is 0 Å². The Morgan fingerprint density at radius 1 is 1.05 bits per heavy atom. The Morgan fingerprint density at radius 3 is 2.89 bits per heavy atom. The van der Waals surface area contributed by atoms with Gasteiger partial charge in [-0.25, -0.2) is 0 Å². The smallest absolute Gasteiger partial charge is 0.133 e. The second-order valence-electron chi connectivity index (χ2n) is 5.70. The maximum Gasteiger partial charge on any atom is 0.133 e. The molecule has 2 atom stereocenters. The fourth-order valence-electron chi connectivity index (χ4n) is 3.67. The van der Waals surface area contributed by atoms with Crippen LogP contribution in [0.3, 0.4) is 0 Å². The third kappa shape index (κ3) is 1.65. The molecule has 0 spiro atoms. The third-order valence-electron chi connectivity index (χ3n) is 4.63. The van der Waals surface area contributed by atoms with Gasteiger partial charge in [-0.1, -0.05) is 48.6 Å². The highest BCUT2D eigenvalue weighted by Gasteiger charge is 2.32. The van der Waals surface area contributed by atoms with Gasteiger partial charge in [-0.05, 0) is 40.2 Å². The maximum atomic E-state index is 11.6. The molecule has 2 aliphatic carbocycles. The fraction of sp³-hybridized carbons (Fsp3) is 0.278. The number of Topliss-reactive ketones (excluding diaryl/α,β-unsaturated/α-hetero) is 1. The Hall–Kier alpha value is -1.89. The van der Waals surface area contributed by atoms with Crippen molar-refractivity contribution in [3.63, 3.8) is 0 Å². The Labute approximate surface area is 112 Å². The molecule has 0 N–H and O–H groups in total. The number of carbonyl (C=O) groups excluding carboxylic acids is 1. The summed E-state index contributed by atoms with van der Waals surface area (Å²) in [6.45, 7) is 0. The van der Waals surface area contributed by atoms with Crippen LogP contribution in [0.5, 0.6) is 0 Å². The first-order chi connectivity index (χ1) is 9.33.